The lowest BCUT2D eigenvalue weighted by Crippen LogP contribution is -2.40. The molecule has 0 aromatic carbocycles. The fourth-order valence-corrected chi connectivity index (χ4v) is 3.51. The van der Waals surface area contributed by atoms with E-state index in [1.165, 1.54) is 19.3 Å². The van der Waals surface area contributed by atoms with Crippen LogP contribution in [0.25, 0.3) is 0 Å². The summed E-state index contributed by atoms with van der Waals surface area (Å²) in [6, 6.07) is 0. The molecule has 4 atom stereocenters. The van der Waals surface area contributed by atoms with Crippen molar-refractivity contribution < 1.29 is 24.1 Å². The van der Waals surface area contributed by atoms with Crippen LogP contribution in [0.4, 0.5) is 0 Å². The van der Waals surface area contributed by atoms with Gasteiger partial charge in [0.25, 0.3) is 0 Å². The zero-order valence-electron chi connectivity index (χ0n) is 13.7. The second-order valence-electron chi connectivity index (χ2n) is 6.67. The normalized spacial score (nSPS) is 36.5. The van der Waals surface area contributed by atoms with E-state index in [4.69, 9.17) is 14.2 Å². The minimum atomic E-state index is -1.02. The van der Waals surface area contributed by atoms with Gasteiger partial charge in [-0.1, -0.05) is 32.6 Å². The van der Waals surface area contributed by atoms with Crippen molar-refractivity contribution in [1.29, 1.82) is 0 Å². The van der Waals surface area contributed by atoms with Gasteiger partial charge in [0, 0.05) is 6.42 Å². The van der Waals surface area contributed by atoms with Crippen LogP contribution in [0.5, 0.6) is 0 Å². The number of unbranched alkanes of at least 4 members (excludes halogenated alkanes) is 4. The molecule has 2 rings (SSSR count). The highest BCUT2D eigenvalue weighted by molar-refractivity contribution is 7.81. The summed E-state index contributed by atoms with van der Waals surface area (Å²) in [5.41, 5.74) is 0. The Bertz CT molecular complexity index is 400. The molecular weight excluding hydrogens is 304 g/mol. The van der Waals surface area contributed by atoms with Crippen molar-refractivity contribution in [2.24, 2.45) is 0 Å². The number of hydrogen-bond donors (Lipinski definition) is 2. The Morgan fingerprint density at radius 1 is 1.18 bits per heavy atom. The van der Waals surface area contributed by atoms with Crippen LogP contribution in [0, 0.1) is 0 Å². The van der Waals surface area contributed by atoms with Gasteiger partial charge < -0.3 is 19.3 Å². The van der Waals surface area contributed by atoms with E-state index in [1.54, 1.807) is 13.8 Å². The Morgan fingerprint density at radius 3 is 2.50 bits per heavy atom. The molecule has 0 saturated carbocycles. The molecule has 0 unspecified atom stereocenters. The van der Waals surface area contributed by atoms with Crippen LogP contribution in [-0.4, -0.2) is 46.5 Å². The molecule has 0 bridgehead atoms. The first kappa shape index (κ1) is 18.2. The predicted molar refractivity (Wildman–Crippen MR) is 85.9 cm³/mol. The molecule has 5 nitrogen and oxygen atoms in total. The van der Waals surface area contributed by atoms with Crippen molar-refractivity contribution in [3.8, 4) is 0 Å². The summed E-state index contributed by atoms with van der Waals surface area (Å²) in [6.45, 7) is 5.78. The first-order valence-corrected chi connectivity index (χ1v) is 8.86. The van der Waals surface area contributed by atoms with Crippen molar-refractivity contribution in [3.63, 3.8) is 0 Å². The number of carbonyl (C=O) groups is 1. The molecule has 0 aliphatic carbocycles. The minimum Gasteiger partial charge on any atom is -0.387 e. The maximum Gasteiger partial charge on any atom is 0.201 e. The molecule has 2 heterocycles. The van der Waals surface area contributed by atoms with E-state index in [0.717, 1.165) is 12.8 Å². The summed E-state index contributed by atoms with van der Waals surface area (Å²) in [4.78, 5) is 11.9. The fraction of sp³-hybridized carbons (Fsp3) is 0.938. The van der Waals surface area contributed by atoms with Crippen molar-refractivity contribution in [1.82, 2.24) is 0 Å². The summed E-state index contributed by atoms with van der Waals surface area (Å²) in [7, 11) is 0. The van der Waals surface area contributed by atoms with Crippen LogP contribution in [0.3, 0.4) is 0 Å². The molecule has 2 saturated heterocycles. The van der Waals surface area contributed by atoms with E-state index in [9.17, 15) is 9.90 Å². The monoisotopic (exact) mass is 332 g/mol. The van der Waals surface area contributed by atoms with Crippen molar-refractivity contribution >= 4 is 18.4 Å². The van der Waals surface area contributed by atoms with Gasteiger partial charge in [-0.3, -0.25) is 4.79 Å². The highest BCUT2D eigenvalue weighted by Gasteiger charge is 2.65. The molecule has 128 valence electrons. The van der Waals surface area contributed by atoms with E-state index >= 15 is 0 Å². The lowest BCUT2D eigenvalue weighted by atomic mass is 9.98. The zero-order chi connectivity index (χ0) is 16.4. The number of aliphatic hydroxyl groups excluding tert-OH is 1. The summed E-state index contributed by atoms with van der Waals surface area (Å²) in [5.74, 6) is -2.03. The number of carbonyl (C=O) groups excluding carboxylic acids is 1. The zero-order valence-corrected chi connectivity index (χ0v) is 14.6. The third-order valence-corrected chi connectivity index (χ3v) is 4.62. The van der Waals surface area contributed by atoms with Crippen LogP contribution >= 0.6 is 12.6 Å². The van der Waals surface area contributed by atoms with Gasteiger partial charge in [0.1, 0.15) is 18.3 Å². The Morgan fingerprint density at radius 2 is 1.86 bits per heavy atom. The largest absolute Gasteiger partial charge is 0.387 e. The summed E-state index contributed by atoms with van der Waals surface area (Å²) >= 11 is 3.99. The van der Waals surface area contributed by atoms with Crippen molar-refractivity contribution in [3.05, 3.63) is 0 Å². The number of fused-ring (bicyclic) bond motifs is 1. The third kappa shape index (κ3) is 3.67. The molecule has 0 radical (unpaired) electrons. The minimum absolute atomic E-state index is 0.0322. The summed E-state index contributed by atoms with van der Waals surface area (Å²) in [5, 5.41) is 10.4. The Balaban J connectivity index is 2.04. The van der Waals surface area contributed by atoms with Gasteiger partial charge in [0.05, 0.1) is 5.75 Å². The van der Waals surface area contributed by atoms with Gasteiger partial charge in [0.2, 0.25) is 5.79 Å². The maximum atomic E-state index is 11.9. The first-order valence-electron chi connectivity index (χ1n) is 8.22. The van der Waals surface area contributed by atoms with E-state index < -0.39 is 29.9 Å². The number of rotatable bonds is 8. The molecule has 0 amide bonds. The SMILES string of the molecule is CCCCCCC[C@]12O[C@H](C(=O)CS)[C@H](O)[C@H]1OC(C)(C)O2. The lowest BCUT2D eigenvalue weighted by molar-refractivity contribution is -0.262. The van der Waals surface area contributed by atoms with Gasteiger partial charge >= 0.3 is 0 Å². The van der Waals surface area contributed by atoms with Gasteiger partial charge in [-0.15, -0.1) is 0 Å². The number of ether oxygens (including phenoxy) is 3. The molecule has 2 aliphatic heterocycles. The average molecular weight is 332 g/mol. The van der Waals surface area contributed by atoms with Gasteiger partial charge in [-0.2, -0.15) is 12.6 Å². The summed E-state index contributed by atoms with van der Waals surface area (Å²) < 4.78 is 17.7. The molecule has 2 aliphatic rings. The average Bonchev–Trinajstić information content (AvgIpc) is 2.87. The van der Waals surface area contributed by atoms with Gasteiger partial charge in [-0.25, -0.2) is 0 Å². The number of thiol groups is 1. The highest BCUT2D eigenvalue weighted by atomic mass is 32.1. The van der Waals surface area contributed by atoms with Crippen LogP contribution in [0.15, 0.2) is 0 Å². The quantitative estimate of drug-likeness (QED) is 0.528. The number of Topliss-reactive ketones (excluding diaryl/α,β-unsaturated/α-hetero) is 1. The molecule has 6 heteroatoms. The topological polar surface area (TPSA) is 65.0 Å². The maximum absolute atomic E-state index is 11.9. The van der Waals surface area contributed by atoms with E-state index in [1.807, 2.05) is 0 Å². The molecule has 22 heavy (non-hydrogen) atoms. The highest BCUT2D eigenvalue weighted by Crippen LogP contribution is 2.48. The number of ketones is 1. The first-order chi connectivity index (χ1) is 10.4. The predicted octanol–water partition coefficient (Wildman–Crippen LogP) is 2.45. The smallest absolute Gasteiger partial charge is 0.201 e. The second-order valence-corrected chi connectivity index (χ2v) is 6.99. The molecule has 1 N–H and O–H groups in total. The van der Waals surface area contributed by atoms with Gasteiger partial charge in [0.15, 0.2) is 11.6 Å². The van der Waals surface area contributed by atoms with Crippen LogP contribution in [-0.2, 0) is 19.0 Å². The molecule has 0 aromatic rings. The second kappa shape index (κ2) is 7.18. The Kier molecular flexibility index (Phi) is 5.94. The van der Waals surface area contributed by atoms with E-state index in [2.05, 4.69) is 19.6 Å². The molecule has 0 spiro atoms. The van der Waals surface area contributed by atoms with Crippen LogP contribution in [0.1, 0.15) is 59.3 Å². The fourth-order valence-electron chi connectivity index (χ4n) is 3.33. The third-order valence-electron chi connectivity index (χ3n) is 4.31. The van der Waals surface area contributed by atoms with Crippen molar-refractivity contribution in [2.75, 3.05) is 5.75 Å². The van der Waals surface area contributed by atoms with Crippen LogP contribution < -0.4 is 0 Å². The summed E-state index contributed by atoms with van der Waals surface area (Å²) in [6.07, 6.45) is 3.66. The van der Waals surface area contributed by atoms with E-state index in [-0.39, 0.29) is 11.5 Å². The molecule has 2 fully saturated rings. The Hall–Kier alpha value is -0.140. The standard InChI is InChI=1S/C16H28O5S/c1-4-5-6-7-8-9-16-14(20-15(2,3)21-16)12(18)13(19-16)11(17)10-22/h12-14,18,22H,4-10H2,1-3H3/t12-,13+,14+,16+/m0/s1. The number of aliphatic hydroxyl groups is 1. The lowest BCUT2D eigenvalue weighted by Gasteiger charge is -2.28. The number of hydrogen-bond acceptors (Lipinski definition) is 6. The molecule has 0 aromatic heterocycles. The Labute approximate surface area is 138 Å². The van der Waals surface area contributed by atoms with Crippen molar-refractivity contribution in [2.45, 2.75) is 89.2 Å². The van der Waals surface area contributed by atoms with Gasteiger partial charge in [-0.05, 0) is 20.3 Å². The van der Waals surface area contributed by atoms with Crippen LogP contribution in [0.2, 0.25) is 0 Å². The molecular formula is C16H28O5S. The van der Waals surface area contributed by atoms with E-state index in [0.29, 0.717) is 6.42 Å².